The van der Waals surface area contributed by atoms with Crippen LogP contribution in [0.15, 0.2) is 71.6 Å². The molecule has 154 valence electrons. The van der Waals surface area contributed by atoms with Gasteiger partial charge in [0.05, 0.1) is 15.6 Å². The van der Waals surface area contributed by atoms with Crippen molar-refractivity contribution in [2.45, 2.75) is 4.90 Å². The molecule has 3 aromatic rings. The smallest absolute Gasteiger partial charge is 0.239 e. The van der Waals surface area contributed by atoms with E-state index in [-0.39, 0.29) is 31.8 Å². The standard InChI is InChI=1S/C21H14Cl2FNO4S/c22-13-5-10-19(17(11-13)21(27)16-3-1-2-4-18(16)23)25-20(26)12-30(28,29)15-8-6-14(24)7-9-15/h1-11H,12H2,(H,25,26). The average Bonchev–Trinajstić information content (AvgIpc) is 2.69. The van der Waals surface area contributed by atoms with Gasteiger partial charge in [0.2, 0.25) is 5.91 Å². The van der Waals surface area contributed by atoms with Crippen molar-refractivity contribution >= 4 is 50.4 Å². The van der Waals surface area contributed by atoms with Crippen LogP contribution in [0.2, 0.25) is 10.0 Å². The van der Waals surface area contributed by atoms with Gasteiger partial charge in [0.25, 0.3) is 0 Å². The summed E-state index contributed by atoms with van der Waals surface area (Å²) in [6.45, 7) is 0. The maximum absolute atomic E-state index is 13.0. The Hall–Kier alpha value is -2.74. The molecule has 0 fully saturated rings. The molecule has 9 heteroatoms. The molecule has 0 aliphatic heterocycles. The van der Waals surface area contributed by atoms with Crippen LogP contribution < -0.4 is 5.32 Å². The molecule has 0 aromatic heterocycles. The number of anilines is 1. The lowest BCUT2D eigenvalue weighted by molar-refractivity contribution is -0.113. The molecule has 0 radical (unpaired) electrons. The highest BCUT2D eigenvalue weighted by molar-refractivity contribution is 7.92. The number of ketones is 1. The van der Waals surface area contributed by atoms with Crippen LogP contribution in [-0.4, -0.2) is 25.9 Å². The molecule has 30 heavy (non-hydrogen) atoms. The van der Waals surface area contributed by atoms with Gasteiger partial charge in [0.15, 0.2) is 15.6 Å². The molecule has 3 rings (SSSR count). The van der Waals surface area contributed by atoms with Gasteiger partial charge in [0, 0.05) is 16.1 Å². The van der Waals surface area contributed by atoms with Crippen LogP contribution in [0.5, 0.6) is 0 Å². The number of halogens is 3. The summed E-state index contributed by atoms with van der Waals surface area (Å²) in [5, 5.41) is 2.90. The van der Waals surface area contributed by atoms with Gasteiger partial charge in [-0.15, -0.1) is 0 Å². The molecule has 0 aliphatic carbocycles. The molecule has 5 nitrogen and oxygen atoms in total. The largest absolute Gasteiger partial charge is 0.325 e. The Kier molecular flexibility index (Phi) is 6.55. The summed E-state index contributed by atoms with van der Waals surface area (Å²) in [5.74, 6) is -2.84. The maximum Gasteiger partial charge on any atom is 0.239 e. The van der Waals surface area contributed by atoms with Crippen LogP contribution in [0.1, 0.15) is 15.9 Å². The lowest BCUT2D eigenvalue weighted by atomic mass is 10.0. The fourth-order valence-electron chi connectivity index (χ4n) is 2.69. The molecule has 0 aliphatic rings. The van der Waals surface area contributed by atoms with E-state index in [0.29, 0.717) is 0 Å². The third-order valence-electron chi connectivity index (χ3n) is 4.11. The van der Waals surface area contributed by atoms with Crippen molar-refractivity contribution in [1.29, 1.82) is 0 Å². The van der Waals surface area contributed by atoms with Crippen LogP contribution >= 0.6 is 23.2 Å². The van der Waals surface area contributed by atoms with Crippen LogP contribution in [0, 0.1) is 5.82 Å². The van der Waals surface area contributed by atoms with Gasteiger partial charge in [-0.2, -0.15) is 0 Å². The zero-order valence-electron chi connectivity index (χ0n) is 15.2. The van der Waals surface area contributed by atoms with Gasteiger partial charge in [-0.1, -0.05) is 35.3 Å². The third-order valence-corrected chi connectivity index (χ3v) is 6.31. The van der Waals surface area contributed by atoms with Crippen LogP contribution in [0.25, 0.3) is 0 Å². The second kappa shape index (κ2) is 8.95. The first-order valence-corrected chi connectivity index (χ1v) is 10.9. The summed E-state index contributed by atoms with van der Waals surface area (Å²) in [5.41, 5.74) is 0.350. The van der Waals surface area contributed by atoms with Crippen molar-refractivity contribution < 1.29 is 22.4 Å². The highest BCUT2D eigenvalue weighted by Crippen LogP contribution is 2.27. The maximum atomic E-state index is 13.0. The average molecular weight is 466 g/mol. The number of hydrogen-bond acceptors (Lipinski definition) is 4. The van der Waals surface area contributed by atoms with Crippen LogP contribution in [-0.2, 0) is 14.6 Å². The second-order valence-electron chi connectivity index (χ2n) is 6.26. The Morgan fingerprint density at radius 1 is 0.900 bits per heavy atom. The fourth-order valence-corrected chi connectivity index (χ4v) is 4.22. The number of benzene rings is 3. The van der Waals surface area contributed by atoms with E-state index < -0.39 is 33.1 Å². The Bertz CT molecular complexity index is 1230. The van der Waals surface area contributed by atoms with Crippen molar-refractivity contribution in [3.63, 3.8) is 0 Å². The molecular weight excluding hydrogens is 452 g/mol. The minimum atomic E-state index is -4.01. The van der Waals surface area contributed by atoms with Gasteiger partial charge in [0.1, 0.15) is 11.6 Å². The zero-order chi connectivity index (χ0) is 21.9. The molecule has 3 aromatic carbocycles. The summed E-state index contributed by atoms with van der Waals surface area (Å²) < 4.78 is 37.8. The van der Waals surface area contributed by atoms with Crippen molar-refractivity contribution in [3.05, 3.63) is 93.7 Å². The molecule has 0 atom stereocenters. The molecule has 0 saturated heterocycles. The SMILES string of the molecule is O=C(CS(=O)(=O)c1ccc(F)cc1)Nc1ccc(Cl)cc1C(=O)c1ccccc1Cl. The van der Waals surface area contributed by atoms with Gasteiger partial charge in [-0.05, 0) is 54.6 Å². The highest BCUT2D eigenvalue weighted by atomic mass is 35.5. The number of sulfone groups is 1. The Balaban J connectivity index is 1.86. The third kappa shape index (κ3) is 5.05. The number of carbonyl (C=O) groups excluding carboxylic acids is 2. The van der Waals surface area contributed by atoms with E-state index >= 15 is 0 Å². The summed E-state index contributed by atoms with van der Waals surface area (Å²) >= 11 is 12.1. The molecule has 0 spiro atoms. The van der Waals surface area contributed by atoms with E-state index in [1.807, 2.05) is 0 Å². The van der Waals surface area contributed by atoms with E-state index in [1.165, 1.54) is 24.3 Å². The number of amides is 1. The second-order valence-corrected chi connectivity index (χ2v) is 9.09. The van der Waals surface area contributed by atoms with Crippen molar-refractivity contribution in [3.8, 4) is 0 Å². The van der Waals surface area contributed by atoms with E-state index in [1.54, 1.807) is 18.2 Å². The number of nitrogens with one attached hydrogen (secondary N) is 1. The fraction of sp³-hybridized carbons (Fsp3) is 0.0476. The first-order chi connectivity index (χ1) is 14.2. The molecular formula is C21H14Cl2FNO4S. The van der Waals surface area contributed by atoms with Gasteiger partial charge in [-0.25, -0.2) is 12.8 Å². The highest BCUT2D eigenvalue weighted by Gasteiger charge is 2.22. The van der Waals surface area contributed by atoms with E-state index in [2.05, 4.69) is 5.32 Å². The lowest BCUT2D eigenvalue weighted by Gasteiger charge is -2.12. The zero-order valence-corrected chi connectivity index (χ0v) is 17.6. The van der Waals surface area contributed by atoms with Gasteiger partial charge in [-0.3, -0.25) is 9.59 Å². The molecule has 0 unspecified atom stereocenters. The molecule has 0 bridgehead atoms. The summed E-state index contributed by atoms with van der Waals surface area (Å²) in [4.78, 5) is 25.1. The van der Waals surface area contributed by atoms with Crippen LogP contribution in [0.3, 0.4) is 0 Å². The minimum Gasteiger partial charge on any atom is -0.325 e. The monoisotopic (exact) mass is 465 g/mol. The Labute approximate surface area is 182 Å². The molecule has 0 saturated carbocycles. The number of hydrogen-bond donors (Lipinski definition) is 1. The van der Waals surface area contributed by atoms with Crippen molar-refractivity contribution in [2.24, 2.45) is 0 Å². The normalized spacial score (nSPS) is 11.2. The van der Waals surface area contributed by atoms with Gasteiger partial charge < -0.3 is 5.32 Å². The quantitative estimate of drug-likeness (QED) is 0.419. The predicted octanol–water partition coefficient (Wildman–Crippen LogP) is 4.78. The number of carbonyl (C=O) groups is 2. The minimum absolute atomic E-state index is 0.0585. The van der Waals surface area contributed by atoms with Crippen molar-refractivity contribution in [1.82, 2.24) is 0 Å². The summed E-state index contributed by atoms with van der Waals surface area (Å²) in [7, 11) is -4.01. The first kappa shape index (κ1) is 22.0. The molecule has 0 heterocycles. The number of rotatable bonds is 6. The van der Waals surface area contributed by atoms with Crippen LogP contribution in [0.4, 0.5) is 10.1 Å². The first-order valence-electron chi connectivity index (χ1n) is 8.54. The van der Waals surface area contributed by atoms with E-state index in [0.717, 1.165) is 24.3 Å². The molecule has 1 amide bonds. The Morgan fingerprint density at radius 3 is 2.23 bits per heavy atom. The molecule has 1 N–H and O–H groups in total. The summed E-state index contributed by atoms with van der Waals surface area (Å²) in [6, 6.07) is 14.7. The Morgan fingerprint density at radius 2 is 1.57 bits per heavy atom. The summed E-state index contributed by atoms with van der Waals surface area (Å²) in [6.07, 6.45) is 0. The predicted molar refractivity (Wildman–Crippen MR) is 113 cm³/mol. The van der Waals surface area contributed by atoms with E-state index in [9.17, 15) is 22.4 Å². The van der Waals surface area contributed by atoms with E-state index in [4.69, 9.17) is 23.2 Å². The van der Waals surface area contributed by atoms with Gasteiger partial charge >= 0.3 is 0 Å². The lowest BCUT2D eigenvalue weighted by Crippen LogP contribution is -2.24. The topological polar surface area (TPSA) is 80.3 Å². The van der Waals surface area contributed by atoms with Crippen molar-refractivity contribution in [2.75, 3.05) is 11.1 Å².